The molecule has 0 atom stereocenters. The quantitative estimate of drug-likeness (QED) is 0.848. The van der Waals surface area contributed by atoms with Gasteiger partial charge in [0.05, 0.1) is 0 Å². The van der Waals surface area contributed by atoms with Gasteiger partial charge in [-0.1, -0.05) is 6.07 Å². The minimum absolute atomic E-state index is 0.533. The van der Waals surface area contributed by atoms with Crippen LogP contribution in [0.3, 0.4) is 0 Å². The van der Waals surface area contributed by atoms with Gasteiger partial charge >= 0.3 is 0 Å². The molecule has 2 aliphatic rings. The number of anilines is 2. The first-order valence-electron chi connectivity index (χ1n) is 10.3. The van der Waals surface area contributed by atoms with E-state index in [-0.39, 0.29) is 0 Å². The summed E-state index contributed by atoms with van der Waals surface area (Å²) in [7, 11) is 0. The molecule has 2 aromatic rings. The third kappa shape index (κ3) is 5.16. The molecular weight excluding hydrogens is 336 g/mol. The van der Waals surface area contributed by atoms with Crippen molar-refractivity contribution in [2.24, 2.45) is 5.92 Å². The maximum Gasteiger partial charge on any atom is 0.222 e. The van der Waals surface area contributed by atoms with Crippen molar-refractivity contribution in [2.75, 3.05) is 42.9 Å². The van der Waals surface area contributed by atoms with E-state index in [1.807, 2.05) is 18.3 Å². The first kappa shape index (κ1) is 18.2. The van der Waals surface area contributed by atoms with Crippen LogP contribution in [-0.2, 0) is 0 Å². The maximum atomic E-state index is 4.48. The van der Waals surface area contributed by atoms with Gasteiger partial charge in [-0.05, 0) is 62.8 Å². The van der Waals surface area contributed by atoms with Crippen LogP contribution in [-0.4, -0.2) is 58.6 Å². The summed E-state index contributed by atoms with van der Waals surface area (Å²) in [5.41, 5.74) is 0. The largest absolute Gasteiger partial charge is 0.354 e. The fraction of sp³-hybridized carbons (Fsp3) is 0.571. The maximum absolute atomic E-state index is 4.48. The van der Waals surface area contributed by atoms with Gasteiger partial charge in [0.15, 0.2) is 0 Å². The number of hydrogen-bond acceptors (Lipinski definition) is 6. The van der Waals surface area contributed by atoms with E-state index in [1.165, 1.54) is 38.6 Å². The van der Waals surface area contributed by atoms with E-state index < -0.39 is 0 Å². The molecule has 1 aliphatic heterocycles. The summed E-state index contributed by atoms with van der Waals surface area (Å²) in [6.45, 7) is 5.72. The standard InChI is InChI=1S/C21H30N6/c1-2-10-22-20(4-1)27-16-14-26(15-17-27)13-9-18-5-7-19(8-6-18)25-21-23-11-3-12-24-21/h1-4,10-12,18-19H,5-9,13-17H2,(H,23,24,25). The minimum atomic E-state index is 0.533. The number of aromatic nitrogens is 3. The van der Waals surface area contributed by atoms with Gasteiger partial charge in [0, 0.05) is 50.8 Å². The molecule has 144 valence electrons. The van der Waals surface area contributed by atoms with E-state index in [2.05, 4.69) is 42.2 Å². The average molecular weight is 367 g/mol. The second-order valence-corrected chi connectivity index (χ2v) is 7.74. The second kappa shape index (κ2) is 9.13. The highest BCUT2D eigenvalue weighted by Crippen LogP contribution is 2.28. The molecular formula is C21H30N6. The van der Waals surface area contributed by atoms with Crippen LogP contribution in [0.25, 0.3) is 0 Å². The Kier molecular flexibility index (Phi) is 6.14. The minimum Gasteiger partial charge on any atom is -0.354 e. The summed E-state index contributed by atoms with van der Waals surface area (Å²) in [6.07, 6.45) is 11.9. The number of piperazine rings is 1. The van der Waals surface area contributed by atoms with Gasteiger partial charge < -0.3 is 10.2 Å². The normalized spacial score (nSPS) is 23.9. The molecule has 0 radical (unpaired) electrons. The predicted octanol–water partition coefficient (Wildman–Crippen LogP) is 3.05. The Morgan fingerprint density at radius 1 is 0.852 bits per heavy atom. The number of rotatable bonds is 6. The number of pyridine rings is 1. The van der Waals surface area contributed by atoms with Gasteiger partial charge in [-0.25, -0.2) is 15.0 Å². The van der Waals surface area contributed by atoms with E-state index in [1.54, 1.807) is 12.4 Å². The Balaban J connectivity index is 1.14. The molecule has 0 spiro atoms. The molecule has 0 aromatic carbocycles. The summed E-state index contributed by atoms with van der Waals surface area (Å²) < 4.78 is 0. The molecule has 0 amide bonds. The molecule has 0 unspecified atom stereocenters. The predicted molar refractivity (Wildman–Crippen MR) is 109 cm³/mol. The van der Waals surface area contributed by atoms with Crippen LogP contribution in [0.4, 0.5) is 11.8 Å². The molecule has 0 bridgehead atoms. The molecule has 6 heteroatoms. The summed E-state index contributed by atoms with van der Waals surface area (Å²) in [6, 6.07) is 8.56. The van der Waals surface area contributed by atoms with Crippen LogP contribution in [0, 0.1) is 5.92 Å². The second-order valence-electron chi connectivity index (χ2n) is 7.74. The SMILES string of the molecule is c1ccc(N2CCN(CCC3CCC(Nc4ncccn4)CC3)CC2)nc1. The number of nitrogens with zero attached hydrogens (tertiary/aromatic N) is 5. The van der Waals surface area contributed by atoms with Crippen molar-refractivity contribution < 1.29 is 0 Å². The highest BCUT2D eigenvalue weighted by atomic mass is 15.3. The fourth-order valence-corrected chi connectivity index (χ4v) is 4.26. The van der Waals surface area contributed by atoms with Gasteiger partial charge in [-0.15, -0.1) is 0 Å². The highest BCUT2D eigenvalue weighted by Gasteiger charge is 2.23. The monoisotopic (exact) mass is 366 g/mol. The van der Waals surface area contributed by atoms with Crippen molar-refractivity contribution in [3.63, 3.8) is 0 Å². The summed E-state index contributed by atoms with van der Waals surface area (Å²) >= 11 is 0. The van der Waals surface area contributed by atoms with Gasteiger partial charge in [0.1, 0.15) is 5.82 Å². The van der Waals surface area contributed by atoms with Gasteiger partial charge in [0.25, 0.3) is 0 Å². The lowest BCUT2D eigenvalue weighted by atomic mass is 9.84. The molecule has 2 aromatic heterocycles. The van der Waals surface area contributed by atoms with Crippen LogP contribution in [0.2, 0.25) is 0 Å². The van der Waals surface area contributed by atoms with Crippen LogP contribution in [0.5, 0.6) is 0 Å². The Labute approximate surface area is 162 Å². The Morgan fingerprint density at radius 3 is 2.30 bits per heavy atom. The molecule has 27 heavy (non-hydrogen) atoms. The van der Waals surface area contributed by atoms with Crippen molar-refractivity contribution in [2.45, 2.75) is 38.1 Å². The van der Waals surface area contributed by atoms with Crippen molar-refractivity contribution in [3.05, 3.63) is 42.9 Å². The lowest BCUT2D eigenvalue weighted by Gasteiger charge is -2.36. The Morgan fingerprint density at radius 2 is 1.59 bits per heavy atom. The van der Waals surface area contributed by atoms with Crippen LogP contribution < -0.4 is 10.2 Å². The zero-order valence-corrected chi connectivity index (χ0v) is 16.0. The van der Waals surface area contributed by atoms with E-state index in [4.69, 9.17) is 0 Å². The average Bonchev–Trinajstić information content (AvgIpc) is 2.75. The molecule has 1 N–H and O–H groups in total. The van der Waals surface area contributed by atoms with Crippen LogP contribution >= 0.6 is 0 Å². The highest BCUT2D eigenvalue weighted by molar-refractivity contribution is 5.38. The lowest BCUT2D eigenvalue weighted by Crippen LogP contribution is -2.47. The molecule has 4 rings (SSSR count). The Hall–Kier alpha value is -2.21. The number of hydrogen-bond donors (Lipinski definition) is 1. The smallest absolute Gasteiger partial charge is 0.222 e. The van der Waals surface area contributed by atoms with Gasteiger partial charge in [0.2, 0.25) is 5.95 Å². The third-order valence-corrected chi connectivity index (χ3v) is 5.94. The van der Waals surface area contributed by atoms with E-state index >= 15 is 0 Å². The zero-order valence-electron chi connectivity index (χ0n) is 16.0. The first-order valence-corrected chi connectivity index (χ1v) is 10.3. The molecule has 1 saturated carbocycles. The van der Waals surface area contributed by atoms with Crippen molar-refractivity contribution in [1.29, 1.82) is 0 Å². The van der Waals surface area contributed by atoms with Crippen molar-refractivity contribution >= 4 is 11.8 Å². The summed E-state index contributed by atoms with van der Waals surface area (Å²) in [4.78, 5) is 18.1. The molecule has 6 nitrogen and oxygen atoms in total. The zero-order chi connectivity index (χ0) is 18.3. The van der Waals surface area contributed by atoms with Gasteiger partial charge in [-0.3, -0.25) is 4.90 Å². The summed E-state index contributed by atoms with van der Waals surface area (Å²) in [5.74, 6) is 2.76. The van der Waals surface area contributed by atoms with Crippen molar-refractivity contribution in [3.8, 4) is 0 Å². The summed E-state index contributed by atoms with van der Waals surface area (Å²) in [5, 5.41) is 3.48. The Bertz CT molecular complexity index is 664. The van der Waals surface area contributed by atoms with E-state index in [0.29, 0.717) is 6.04 Å². The molecule has 2 fully saturated rings. The van der Waals surface area contributed by atoms with E-state index in [0.717, 1.165) is 43.9 Å². The van der Waals surface area contributed by atoms with Crippen LogP contribution in [0.1, 0.15) is 32.1 Å². The fourth-order valence-electron chi connectivity index (χ4n) is 4.26. The third-order valence-electron chi connectivity index (χ3n) is 5.94. The lowest BCUT2D eigenvalue weighted by molar-refractivity contribution is 0.218. The number of nitrogens with one attached hydrogen (secondary N) is 1. The molecule has 1 saturated heterocycles. The van der Waals surface area contributed by atoms with Crippen LogP contribution in [0.15, 0.2) is 42.9 Å². The topological polar surface area (TPSA) is 57.2 Å². The van der Waals surface area contributed by atoms with Gasteiger partial charge in [-0.2, -0.15) is 0 Å². The van der Waals surface area contributed by atoms with E-state index in [9.17, 15) is 0 Å². The molecule has 1 aliphatic carbocycles. The van der Waals surface area contributed by atoms with Crippen molar-refractivity contribution in [1.82, 2.24) is 19.9 Å². The molecule has 3 heterocycles. The first-order chi connectivity index (χ1) is 13.4.